The van der Waals surface area contributed by atoms with Crippen LogP contribution in [0.1, 0.15) is 25.0 Å². The fourth-order valence-corrected chi connectivity index (χ4v) is 2.58. The van der Waals surface area contributed by atoms with Crippen molar-refractivity contribution in [2.75, 3.05) is 6.79 Å². The van der Waals surface area contributed by atoms with E-state index in [2.05, 4.69) is 0 Å². The zero-order valence-corrected chi connectivity index (χ0v) is 13.9. The number of ether oxygens (including phenoxy) is 2. The van der Waals surface area contributed by atoms with Gasteiger partial charge in [-0.3, -0.25) is 4.79 Å². The maximum Gasteiger partial charge on any atom is 0.247 e. The number of amides is 1. The van der Waals surface area contributed by atoms with Crippen molar-refractivity contribution in [3.05, 3.63) is 65.7 Å². The van der Waals surface area contributed by atoms with Gasteiger partial charge in [-0.1, -0.05) is 36.4 Å². The Morgan fingerprint density at radius 2 is 1.88 bits per heavy atom. The number of hydrogen-bond acceptors (Lipinski definition) is 3. The van der Waals surface area contributed by atoms with E-state index in [1.807, 2.05) is 73.4 Å². The first-order chi connectivity index (χ1) is 11.6. The summed E-state index contributed by atoms with van der Waals surface area (Å²) in [6.07, 6.45) is 3.42. The minimum Gasteiger partial charge on any atom is -0.454 e. The molecule has 1 aliphatic rings. The Hall–Kier alpha value is -2.75. The van der Waals surface area contributed by atoms with Crippen molar-refractivity contribution in [1.82, 2.24) is 4.90 Å². The second-order valence-corrected chi connectivity index (χ2v) is 5.99. The van der Waals surface area contributed by atoms with E-state index in [1.165, 1.54) is 0 Å². The largest absolute Gasteiger partial charge is 0.454 e. The van der Waals surface area contributed by atoms with Crippen LogP contribution in [0.15, 0.2) is 54.6 Å². The molecule has 0 saturated carbocycles. The fraction of sp³-hybridized carbons (Fsp3) is 0.250. The molecule has 3 rings (SSSR count). The van der Waals surface area contributed by atoms with Crippen molar-refractivity contribution in [3.8, 4) is 11.5 Å². The minimum atomic E-state index is -0.00785. The Labute approximate surface area is 142 Å². The molecule has 0 aromatic heterocycles. The average Bonchev–Trinajstić information content (AvgIpc) is 3.06. The van der Waals surface area contributed by atoms with Gasteiger partial charge in [-0.2, -0.15) is 0 Å². The first kappa shape index (κ1) is 16.1. The Balaban J connectivity index is 1.71. The molecule has 4 heteroatoms. The van der Waals surface area contributed by atoms with E-state index in [4.69, 9.17) is 9.47 Å². The standard InChI is InChI=1S/C20H21NO3/c1-15(2)21(13-17-6-4-3-5-7-17)20(22)11-9-16-8-10-18-19(12-16)24-14-23-18/h3-12,15H,13-14H2,1-2H3/b11-9+. The van der Waals surface area contributed by atoms with Crippen LogP contribution in [0.3, 0.4) is 0 Å². The highest BCUT2D eigenvalue weighted by molar-refractivity contribution is 5.92. The third-order valence-corrected chi connectivity index (χ3v) is 3.92. The number of carbonyl (C=O) groups is 1. The molecule has 1 amide bonds. The summed E-state index contributed by atoms with van der Waals surface area (Å²) < 4.78 is 10.7. The van der Waals surface area contributed by atoms with Gasteiger partial charge in [0.05, 0.1) is 0 Å². The lowest BCUT2D eigenvalue weighted by Crippen LogP contribution is -2.35. The summed E-state index contributed by atoms with van der Waals surface area (Å²) in [4.78, 5) is 14.4. The number of rotatable bonds is 5. The monoisotopic (exact) mass is 323 g/mol. The van der Waals surface area contributed by atoms with Gasteiger partial charge in [-0.15, -0.1) is 0 Å². The molecule has 0 bridgehead atoms. The summed E-state index contributed by atoms with van der Waals surface area (Å²) in [7, 11) is 0. The second-order valence-electron chi connectivity index (χ2n) is 5.99. The van der Waals surface area contributed by atoms with Gasteiger partial charge < -0.3 is 14.4 Å². The molecule has 2 aromatic rings. The predicted octanol–water partition coefficient (Wildman–Crippen LogP) is 3.87. The highest BCUT2D eigenvalue weighted by Gasteiger charge is 2.15. The Morgan fingerprint density at radius 3 is 2.62 bits per heavy atom. The summed E-state index contributed by atoms with van der Waals surface area (Å²) in [6.45, 7) is 4.90. The molecule has 124 valence electrons. The summed E-state index contributed by atoms with van der Waals surface area (Å²) in [6, 6.07) is 15.8. The molecule has 0 unspecified atom stereocenters. The summed E-state index contributed by atoms with van der Waals surface area (Å²) in [5.41, 5.74) is 2.03. The molecule has 4 nitrogen and oxygen atoms in total. The Bertz CT molecular complexity index is 738. The molecule has 1 aliphatic heterocycles. The van der Waals surface area contributed by atoms with E-state index < -0.39 is 0 Å². The maximum atomic E-state index is 12.6. The molecule has 2 aromatic carbocycles. The summed E-state index contributed by atoms with van der Waals surface area (Å²) >= 11 is 0. The van der Waals surface area contributed by atoms with E-state index in [1.54, 1.807) is 6.08 Å². The highest BCUT2D eigenvalue weighted by Crippen LogP contribution is 2.32. The molecule has 0 atom stereocenters. The van der Waals surface area contributed by atoms with Crippen LogP contribution < -0.4 is 9.47 Å². The molecule has 0 saturated heterocycles. The van der Waals surface area contributed by atoms with Crippen molar-refractivity contribution < 1.29 is 14.3 Å². The molecule has 24 heavy (non-hydrogen) atoms. The van der Waals surface area contributed by atoms with Crippen LogP contribution in [0.25, 0.3) is 6.08 Å². The van der Waals surface area contributed by atoms with Crippen LogP contribution in [0.4, 0.5) is 0 Å². The molecular weight excluding hydrogens is 302 g/mol. The Kier molecular flexibility index (Phi) is 4.85. The highest BCUT2D eigenvalue weighted by atomic mass is 16.7. The quantitative estimate of drug-likeness (QED) is 0.784. The second kappa shape index (κ2) is 7.21. The third-order valence-electron chi connectivity index (χ3n) is 3.92. The van der Waals surface area contributed by atoms with Crippen molar-refractivity contribution in [2.45, 2.75) is 26.4 Å². The first-order valence-corrected chi connectivity index (χ1v) is 8.06. The lowest BCUT2D eigenvalue weighted by atomic mass is 10.1. The molecule has 0 radical (unpaired) electrons. The van der Waals surface area contributed by atoms with E-state index in [0.29, 0.717) is 6.54 Å². The summed E-state index contributed by atoms with van der Waals surface area (Å²) in [5.74, 6) is 1.45. The van der Waals surface area contributed by atoms with Gasteiger partial charge in [0.2, 0.25) is 12.7 Å². The van der Waals surface area contributed by atoms with Crippen LogP contribution >= 0.6 is 0 Å². The van der Waals surface area contributed by atoms with Gasteiger partial charge in [0.1, 0.15) is 0 Å². The number of carbonyl (C=O) groups excluding carboxylic acids is 1. The third kappa shape index (κ3) is 3.77. The van der Waals surface area contributed by atoms with Crippen molar-refractivity contribution in [3.63, 3.8) is 0 Å². The van der Waals surface area contributed by atoms with E-state index in [-0.39, 0.29) is 18.7 Å². The molecule has 0 spiro atoms. The van der Waals surface area contributed by atoms with E-state index in [9.17, 15) is 4.79 Å². The lowest BCUT2D eigenvalue weighted by Gasteiger charge is -2.25. The number of fused-ring (bicyclic) bond motifs is 1. The van der Waals surface area contributed by atoms with Gasteiger partial charge >= 0.3 is 0 Å². The zero-order chi connectivity index (χ0) is 16.9. The SMILES string of the molecule is CC(C)N(Cc1ccccc1)C(=O)/C=C/c1ccc2c(c1)OCO2. The van der Waals surface area contributed by atoms with Crippen LogP contribution in [0.2, 0.25) is 0 Å². The van der Waals surface area contributed by atoms with Gasteiger partial charge in [0.15, 0.2) is 11.5 Å². The van der Waals surface area contributed by atoms with Gasteiger partial charge in [0.25, 0.3) is 0 Å². The molecular formula is C20H21NO3. The van der Waals surface area contributed by atoms with Crippen molar-refractivity contribution in [2.24, 2.45) is 0 Å². The van der Waals surface area contributed by atoms with Crippen LogP contribution in [-0.2, 0) is 11.3 Å². The first-order valence-electron chi connectivity index (χ1n) is 8.06. The van der Waals surface area contributed by atoms with Crippen molar-refractivity contribution in [1.29, 1.82) is 0 Å². The molecule has 0 aliphatic carbocycles. The normalized spacial score (nSPS) is 12.8. The summed E-state index contributed by atoms with van der Waals surface area (Å²) in [5, 5.41) is 0. The predicted molar refractivity (Wildman–Crippen MR) is 93.7 cm³/mol. The maximum absolute atomic E-state index is 12.6. The molecule has 0 N–H and O–H groups in total. The Morgan fingerprint density at radius 1 is 1.12 bits per heavy atom. The smallest absolute Gasteiger partial charge is 0.247 e. The van der Waals surface area contributed by atoms with E-state index >= 15 is 0 Å². The minimum absolute atomic E-state index is 0.00785. The molecule has 1 heterocycles. The topological polar surface area (TPSA) is 38.8 Å². The average molecular weight is 323 g/mol. The fourth-order valence-electron chi connectivity index (χ4n) is 2.58. The van der Waals surface area contributed by atoms with Gasteiger partial charge in [-0.25, -0.2) is 0 Å². The number of hydrogen-bond donors (Lipinski definition) is 0. The van der Waals surface area contributed by atoms with Crippen LogP contribution in [0.5, 0.6) is 11.5 Å². The lowest BCUT2D eigenvalue weighted by molar-refractivity contribution is -0.128. The molecule has 0 fully saturated rings. The zero-order valence-electron chi connectivity index (χ0n) is 13.9. The van der Waals surface area contributed by atoms with Crippen LogP contribution in [0, 0.1) is 0 Å². The van der Waals surface area contributed by atoms with Gasteiger partial charge in [0, 0.05) is 18.7 Å². The van der Waals surface area contributed by atoms with Crippen LogP contribution in [-0.4, -0.2) is 23.6 Å². The van der Waals surface area contributed by atoms with Gasteiger partial charge in [-0.05, 0) is 43.2 Å². The van der Waals surface area contributed by atoms with Crippen molar-refractivity contribution >= 4 is 12.0 Å². The van der Waals surface area contributed by atoms with E-state index in [0.717, 1.165) is 22.6 Å². The number of benzene rings is 2. The number of nitrogens with zero attached hydrogens (tertiary/aromatic N) is 1.